The summed E-state index contributed by atoms with van der Waals surface area (Å²) in [7, 11) is 1.59. The molecule has 0 fully saturated rings. The van der Waals surface area contributed by atoms with Crippen LogP contribution in [-0.4, -0.2) is 33.0 Å². The second kappa shape index (κ2) is 8.21. The molecule has 1 aromatic heterocycles. The number of nitrogens with zero attached hydrogens (tertiary/aromatic N) is 1. The first kappa shape index (κ1) is 17.6. The maximum atomic E-state index is 12.1. The lowest BCUT2D eigenvalue weighted by Crippen LogP contribution is -2.28. The number of hydrogen-bond acceptors (Lipinski definition) is 4. The highest BCUT2D eigenvalue weighted by Gasteiger charge is 2.27. The van der Waals surface area contributed by atoms with Crippen molar-refractivity contribution in [3.63, 3.8) is 0 Å². The van der Waals surface area contributed by atoms with E-state index in [4.69, 9.17) is 9.47 Å². The topological polar surface area (TPSA) is 21.7 Å². The number of hydrogen-bond donors (Lipinski definition) is 0. The SMILES string of the molecule is COc1ccc(N(CCOCC(F)(F)F)Cc2cccs2)cc1. The number of thiophene rings is 1. The molecule has 0 atom stereocenters. The average Bonchev–Trinajstić information content (AvgIpc) is 3.02. The number of halogens is 3. The van der Waals surface area contributed by atoms with Crippen molar-refractivity contribution in [1.29, 1.82) is 0 Å². The first-order chi connectivity index (χ1) is 11.0. The van der Waals surface area contributed by atoms with Gasteiger partial charge in [0.2, 0.25) is 0 Å². The normalized spacial score (nSPS) is 11.5. The molecule has 0 aliphatic heterocycles. The Morgan fingerprint density at radius 3 is 2.43 bits per heavy atom. The predicted octanol–water partition coefficient (Wildman–Crippen LogP) is 4.34. The van der Waals surface area contributed by atoms with E-state index in [0.717, 1.165) is 16.3 Å². The molecule has 1 aromatic carbocycles. The minimum atomic E-state index is -4.29. The molecule has 0 saturated heterocycles. The van der Waals surface area contributed by atoms with Crippen LogP contribution in [0.4, 0.5) is 18.9 Å². The molecule has 0 saturated carbocycles. The van der Waals surface area contributed by atoms with Crippen LogP contribution < -0.4 is 9.64 Å². The molecule has 2 aromatic rings. The first-order valence-corrected chi connectivity index (χ1v) is 7.92. The van der Waals surface area contributed by atoms with E-state index in [1.54, 1.807) is 18.4 Å². The minimum absolute atomic E-state index is 0.0108. The van der Waals surface area contributed by atoms with Gasteiger partial charge in [0, 0.05) is 17.1 Å². The Bertz CT molecular complexity index is 570. The molecule has 0 aliphatic carbocycles. The summed E-state index contributed by atoms with van der Waals surface area (Å²) < 4.78 is 46.3. The van der Waals surface area contributed by atoms with Crippen molar-refractivity contribution >= 4 is 17.0 Å². The number of anilines is 1. The van der Waals surface area contributed by atoms with E-state index in [2.05, 4.69) is 0 Å². The van der Waals surface area contributed by atoms with E-state index < -0.39 is 12.8 Å². The molecular weight excluding hydrogens is 327 g/mol. The molecule has 3 nitrogen and oxygen atoms in total. The lowest BCUT2D eigenvalue weighted by atomic mass is 10.2. The van der Waals surface area contributed by atoms with Gasteiger partial charge in [0.25, 0.3) is 0 Å². The summed E-state index contributed by atoms with van der Waals surface area (Å²) in [6.45, 7) is -0.209. The molecule has 7 heteroatoms. The Balaban J connectivity index is 1.99. The van der Waals surface area contributed by atoms with Crippen molar-refractivity contribution in [2.24, 2.45) is 0 Å². The van der Waals surface area contributed by atoms with Crippen molar-refractivity contribution in [3.05, 3.63) is 46.7 Å². The summed E-state index contributed by atoms with van der Waals surface area (Å²) in [4.78, 5) is 3.12. The fourth-order valence-corrected chi connectivity index (χ4v) is 2.77. The molecule has 126 valence electrons. The summed E-state index contributed by atoms with van der Waals surface area (Å²) >= 11 is 1.61. The van der Waals surface area contributed by atoms with Crippen LogP contribution in [0.25, 0.3) is 0 Å². The van der Waals surface area contributed by atoms with Gasteiger partial charge in [-0.2, -0.15) is 13.2 Å². The first-order valence-electron chi connectivity index (χ1n) is 7.04. The highest BCUT2D eigenvalue weighted by molar-refractivity contribution is 7.09. The molecule has 0 radical (unpaired) electrons. The Hall–Kier alpha value is -1.73. The van der Waals surface area contributed by atoms with E-state index in [1.807, 2.05) is 46.7 Å². The van der Waals surface area contributed by atoms with Gasteiger partial charge in [0.15, 0.2) is 0 Å². The van der Waals surface area contributed by atoms with Gasteiger partial charge >= 0.3 is 6.18 Å². The van der Waals surface area contributed by atoms with Crippen LogP contribution in [0.2, 0.25) is 0 Å². The van der Waals surface area contributed by atoms with E-state index in [0.29, 0.717) is 13.1 Å². The highest BCUT2D eigenvalue weighted by atomic mass is 32.1. The Kier molecular flexibility index (Phi) is 6.29. The zero-order valence-corrected chi connectivity index (χ0v) is 13.5. The maximum Gasteiger partial charge on any atom is 0.411 e. The van der Waals surface area contributed by atoms with Crippen LogP contribution in [0.15, 0.2) is 41.8 Å². The second-order valence-electron chi connectivity index (χ2n) is 4.87. The zero-order chi connectivity index (χ0) is 16.7. The average molecular weight is 345 g/mol. The fraction of sp³-hybridized carbons (Fsp3) is 0.375. The monoisotopic (exact) mass is 345 g/mol. The van der Waals surface area contributed by atoms with Crippen molar-refractivity contribution in [2.45, 2.75) is 12.7 Å². The summed E-state index contributed by atoms with van der Waals surface area (Å²) in [6.07, 6.45) is -4.29. The summed E-state index contributed by atoms with van der Waals surface area (Å²) in [6, 6.07) is 11.4. The third-order valence-corrected chi connectivity index (χ3v) is 4.00. The fourth-order valence-electron chi connectivity index (χ4n) is 2.05. The van der Waals surface area contributed by atoms with Gasteiger partial charge in [-0.25, -0.2) is 0 Å². The largest absolute Gasteiger partial charge is 0.497 e. The van der Waals surface area contributed by atoms with Crippen LogP contribution in [0.1, 0.15) is 4.88 Å². The summed E-state index contributed by atoms with van der Waals surface area (Å²) in [5.41, 5.74) is 0.912. The van der Waals surface area contributed by atoms with Gasteiger partial charge in [-0.1, -0.05) is 6.07 Å². The van der Waals surface area contributed by atoms with Crippen LogP contribution in [-0.2, 0) is 11.3 Å². The van der Waals surface area contributed by atoms with Crippen molar-refractivity contribution in [2.75, 3.05) is 31.8 Å². The van der Waals surface area contributed by atoms with Gasteiger partial charge in [0.1, 0.15) is 12.4 Å². The van der Waals surface area contributed by atoms with Crippen LogP contribution in [0.3, 0.4) is 0 Å². The van der Waals surface area contributed by atoms with Gasteiger partial charge in [-0.15, -0.1) is 11.3 Å². The predicted molar refractivity (Wildman–Crippen MR) is 85.2 cm³/mol. The lowest BCUT2D eigenvalue weighted by molar-refractivity contribution is -0.173. The molecule has 0 amide bonds. The highest BCUT2D eigenvalue weighted by Crippen LogP contribution is 2.22. The molecule has 2 rings (SSSR count). The van der Waals surface area contributed by atoms with Gasteiger partial charge in [-0.3, -0.25) is 0 Å². The Morgan fingerprint density at radius 2 is 1.87 bits per heavy atom. The summed E-state index contributed by atoms with van der Waals surface area (Å²) in [5.74, 6) is 0.734. The maximum absolute atomic E-state index is 12.1. The number of methoxy groups -OCH3 is 1. The zero-order valence-electron chi connectivity index (χ0n) is 12.7. The third-order valence-electron chi connectivity index (χ3n) is 3.14. The van der Waals surface area contributed by atoms with Gasteiger partial charge in [-0.05, 0) is 35.7 Å². The number of alkyl halides is 3. The van der Waals surface area contributed by atoms with Gasteiger partial charge < -0.3 is 14.4 Å². The smallest absolute Gasteiger partial charge is 0.411 e. The van der Waals surface area contributed by atoms with Crippen LogP contribution >= 0.6 is 11.3 Å². The molecule has 0 bridgehead atoms. The standard InChI is InChI=1S/C16H18F3NO2S/c1-21-14-6-4-13(5-7-14)20(11-15-3-2-10-23-15)8-9-22-12-16(17,18)19/h2-7,10H,8-9,11-12H2,1H3. The minimum Gasteiger partial charge on any atom is -0.497 e. The van der Waals surface area contributed by atoms with E-state index in [9.17, 15) is 13.2 Å². The Labute approximate surface area is 137 Å². The molecule has 0 unspecified atom stereocenters. The number of rotatable bonds is 8. The number of benzene rings is 1. The summed E-state index contributed by atoms with van der Waals surface area (Å²) in [5, 5.41) is 1.97. The van der Waals surface area contributed by atoms with E-state index in [1.165, 1.54) is 0 Å². The van der Waals surface area contributed by atoms with Crippen LogP contribution in [0.5, 0.6) is 5.75 Å². The molecule has 0 aliphatic rings. The van der Waals surface area contributed by atoms with Crippen LogP contribution in [0, 0.1) is 0 Å². The van der Waals surface area contributed by atoms with Gasteiger partial charge in [0.05, 0.1) is 20.3 Å². The van der Waals surface area contributed by atoms with E-state index >= 15 is 0 Å². The molecule has 23 heavy (non-hydrogen) atoms. The van der Waals surface area contributed by atoms with E-state index in [-0.39, 0.29) is 6.61 Å². The molecule has 1 heterocycles. The van der Waals surface area contributed by atoms with Crippen molar-refractivity contribution < 1.29 is 22.6 Å². The Morgan fingerprint density at radius 1 is 1.13 bits per heavy atom. The quantitative estimate of drug-likeness (QED) is 0.664. The third kappa shape index (κ3) is 6.11. The second-order valence-corrected chi connectivity index (χ2v) is 5.90. The lowest BCUT2D eigenvalue weighted by Gasteiger charge is -2.24. The molecule has 0 spiro atoms. The van der Waals surface area contributed by atoms with Crippen molar-refractivity contribution in [3.8, 4) is 5.75 Å². The molecular formula is C16H18F3NO2S. The van der Waals surface area contributed by atoms with Crippen molar-refractivity contribution in [1.82, 2.24) is 0 Å². The number of ether oxygens (including phenoxy) is 2. The molecule has 0 N–H and O–H groups in total.